The van der Waals surface area contributed by atoms with E-state index in [-0.39, 0.29) is 12.8 Å². The summed E-state index contributed by atoms with van der Waals surface area (Å²) in [6, 6.07) is 7.54. The van der Waals surface area contributed by atoms with Crippen molar-refractivity contribution < 1.29 is 28.8 Å². The summed E-state index contributed by atoms with van der Waals surface area (Å²) >= 11 is 0. The lowest BCUT2D eigenvalue weighted by molar-refractivity contribution is -0.142. The molecule has 0 bridgehead atoms. The number of esters is 1. The molecule has 0 aromatic heterocycles. The van der Waals surface area contributed by atoms with Gasteiger partial charge in [-0.2, -0.15) is 0 Å². The number of hydrogen-bond acceptors (Lipinski definition) is 6. The van der Waals surface area contributed by atoms with Gasteiger partial charge in [-0.25, -0.2) is 0 Å². The van der Waals surface area contributed by atoms with Gasteiger partial charge in [-0.05, 0) is 12.1 Å². The Labute approximate surface area is 146 Å². The average Bonchev–Trinajstić information content (AvgIpc) is 2.53. The molecule has 6 nitrogen and oxygen atoms in total. The molecule has 0 saturated carbocycles. The molecular weight excluding hydrogens is 324 g/mol. The molecule has 25 heavy (non-hydrogen) atoms. The number of carbonyl (C=O) groups is 1. The van der Waals surface area contributed by atoms with Crippen molar-refractivity contribution in [2.75, 3.05) is 14.2 Å². The number of ether oxygens (including phenoxy) is 4. The molecule has 1 aliphatic heterocycles. The Kier molecular flexibility index (Phi) is 4.47. The molecule has 0 amide bonds. The van der Waals surface area contributed by atoms with E-state index < -0.39 is 17.9 Å². The van der Waals surface area contributed by atoms with E-state index in [0.29, 0.717) is 11.5 Å². The number of carbonyl (C=O) groups excluding carboxylic acids is 1. The quantitative estimate of drug-likeness (QED) is 0.839. The summed E-state index contributed by atoms with van der Waals surface area (Å²) in [5.74, 6) is 0.780. The molecule has 0 radical (unpaired) electrons. The largest absolute Gasteiger partial charge is 0.496 e. The molecule has 1 N–H and O–H groups in total. The molecule has 6 heteroatoms. The fourth-order valence-electron chi connectivity index (χ4n) is 3.15. The maximum atomic E-state index is 11.4. The second kappa shape index (κ2) is 6.44. The van der Waals surface area contributed by atoms with E-state index in [9.17, 15) is 9.90 Å². The Bertz CT molecular complexity index is 811. The maximum Gasteiger partial charge on any atom is 0.308 e. The minimum Gasteiger partial charge on any atom is -0.496 e. The van der Waals surface area contributed by atoms with Gasteiger partial charge in [0.05, 0.1) is 32.1 Å². The van der Waals surface area contributed by atoms with Gasteiger partial charge in [-0.1, -0.05) is 12.1 Å². The Balaban J connectivity index is 2.07. The molecule has 0 fully saturated rings. The summed E-state index contributed by atoms with van der Waals surface area (Å²) in [4.78, 5) is 11.4. The van der Waals surface area contributed by atoms with E-state index in [2.05, 4.69) is 4.74 Å². The maximum absolute atomic E-state index is 11.4. The van der Waals surface area contributed by atoms with Crippen LogP contribution in [-0.4, -0.2) is 37.2 Å². The highest BCUT2D eigenvalue weighted by Crippen LogP contribution is 2.46. The molecule has 2 aromatic carbocycles. The lowest BCUT2D eigenvalue weighted by Crippen LogP contribution is -2.37. The van der Waals surface area contributed by atoms with E-state index in [1.165, 1.54) is 7.11 Å². The summed E-state index contributed by atoms with van der Waals surface area (Å²) in [5, 5.41) is 11.9. The first-order valence-corrected chi connectivity index (χ1v) is 8.10. The van der Waals surface area contributed by atoms with Gasteiger partial charge in [0.1, 0.15) is 17.2 Å². The second-order valence-corrected chi connectivity index (χ2v) is 6.49. The first-order chi connectivity index (χ1) is 11.8. The summed E-state index contributed by atoms with van der Waals surface area (Å²) in [6.45, 7) is 3.68. The number of aliphatic hydroxyl groups excluding tert-OH is 1. The standard InChI is InChI=1S/C19H22O6/c1-19(2)24-14-7-5-6-13-17(14)15(25-19)9-11(18(13)23-4)8-12(20)10-16(21)22-3/h5-7,9,12,20H,8,10H2,1-4H3/t12-/m0/s1. The molecule has 2 aromatic rings. The topological polar surface area (TPSA) is 74.2 Å². The van der Waals surface area contributed by atoms with Crippen molar-refractivity contribution in [3.8, 4) is 17.2 Å². The van der Waals surface area contributed by atoms with E-state index in [1.54, 1.807) is 7.11 Å². The van der Waals surface area contributed by atoms with Gasteiger partial charge >= 0.3 is 5.97 Å². The van der Waals surface area contributed by atoms with Gasteiger partial charge in [-0.15, -0.1) is 0 Å². The first kappa shape index (κ1) is 17.4. The van der Waals surface area contributed by atoms with E-state index in [0.717, 1.165) is 22.1 Å². The van der Waals surface area contributed by atoms with Gasteiger partial charge in [0.25, 0.3) is 0 Å². The molecule has 0 spiro atoms. The van der Waals surface area contributed by atoms with Crippen LogP contribution in [0.2, 0.25) is 0 Å². The van der Waals surface area contributed by atoms with Crippen molar-refractivity contribution >= 4 is 16.7 Å². The smallest absolute Gasteiger partial charge is 0.308 e. The summed E-state index contributed by atoms with van der Waals surface area (Å²) < 4.78 is 22.0. The van der Waals surface area contributed by atoms with Gasteiger partial charge in [0.15, 0.2) is 0 Å². The van der Waals surface area contributed by atoms with Crippen LogP contribution < -0.4 is 14.2 Å². The molecular formula is C19H22O6. The van der Waals surface area contributed by atoms with Crippen molar-refractivity contribution in [1.82, 2.24) is 0 Å². The van der Waals surface area contributed by atoms with Gasteiger partial charge in [0.2, 0.25) is 5.79 Å². The third-order valence-corrected chi connectivity index (χ3v) is 4.12. The number of benzene rings is 2. The van der Waals surface area contributed by atoms with Crippen LogP contribution in [-0.2, 0) is 16.0 Å². The van der Waals surface area contributed by atoms with Crippen LogP contribution in [0.5, 0.6) is 17.2 Å². The molecule has 1 aliphatic rings. The third-order valence-electron chi connectivity index (χ3n) is 4.12. The van der Waals surface area contributed by atoms with Crippen LogP contribution >= 0.6 is 0 Å². The lowest BCUT2D eigenvalue weighted by atomic mass is 9.97. The van der Waals surface area contributed by atoms with Crippen molar-refractivity contribution in [1.29, 1.82) is 0 Å². The molecule has 3 rings (SSSR count). The zero-order valence-electron chi connectivity index (χ0n) is 14.8. The summed E-state index contributed by atoms with van der Waals surface area (Å²) in [5.41, 5.74) is 0.760. The number of hydrogen-bond donors (Lipinski definition) is 1. The lowest BCUT2D eigenvalue weighted by Gasteiger charge is -2.34. The Morgan fingerprint density at radius 2 is 1.96 bits per heavy atom. The number of methoxy groups -OCH3 is 2. The van der Waals surface area contributed by atoms with Crippen molar-refractivity contribution in [3.05, 3.63) is 29.8 Å². The van der Waals surface area contributed by atoms with Crippen molar-refractivity contribution in [3.63, 3.8) is 0 Å². The number of rotatable bonds is 5. The molecule has 1 heterocycles. The molecule has 0 aliphatic carbocycles. The predicted molar refractivity (Wildman–Crippen MR) is 92.2 cm³/mol. The Hall–Kier alpha value is -2.47. The highest BCUT2D eigenvalue weighted by Gasteiger charge is 2.31. The fourth-order valence-corrected chi connectivity index (χ4v) is 3.15. The first-order valence-electron chi connectivity index (χ1n) is 8.10. The summed E-state index contributed by atoms with van der Waals surface area (Å²) in [7, 11) is 2.88. The second-order valence-electron chi connectivity index (χ2n) is 6.49. The van der Waals surface area contributed by atoms with E-state index in [4.69, 9.17) is 14.2 Å². The van der Waals surface area contributed by atoms with Crippen LogP contribution in [0.4, 0.5) is 0 Å². The third kappa shape index (κ3) is 3.35. The van der Waals surface area contributed by atoms with E-state index >= 15 is 0 Å². The SMILES string of the molecule is COC(=O)C[C@@H](O)Cc1cc2c3c(cccc3c1OC)OC(C)(C)O2. The minimum atomic E-state index is -0.873. The monoisotopic (exact) mass is 346 g/mol. The Morgan fingerprint density at radius 1 is 1.24 bits per heavy atom. The highest BCUT2D eigenvalue weighted by molar-refractivity contribution is 5.99. The minimum absolute atomic E-state index is 0.0808. The molecule has 0 unspecified atom stereocenters. The normalized spacial score (nSPS) is 15.9. The van der Waals surface area contributed by atoms with Crippen molar-refractivity contribution in [2.24, 2.45) is 0 Å². The van der Waals surface area contributed by atoms with Crippen LogP contribution in [0.25, 0.3) is 10.8 Å². The van der Waals surface area contributed by atoms with E-state index in [1.807, 2.05) is 38.1 Å². The zero-order valence-corrected chi connectivity index (χ0v) is 14.8. The van der Waals surface area contributed by atoms with Crippen LogP contribution in [0.3, 0.4) is 0 Å². The molecule has 1 atom stereocenters. The number of aliphatic hydroxyl groups is 1. The Morgan fingerprint density at radius 3 is 2.64 bits per heavy atom. The van der Waals surface area contributed by atoms with Crippen molar-refractivity contribution in [2.45, 2.75) is 38.6 Å². The van der Waals surface area contributed by atoms with Gasteiger partial charge in [-0.3, -0.25) is 4.79 Å². The van der Waals surface area contributed by atoms with Crippen LogP contribution in [0.15, 0.2) is 24.3 Å². The van der Waals surface area contributed by atoms with Gasteiger partial charge < -0.3 is 24.1 Å². The highest BCUT2D eigenvalue weighted by atomic mass is 16.7. The molecule has 0 saturated heterocycles. The van der Waals surface area contributed by atoms with Gasteiger partial charge in [0, 0.05) is 31.2 Å². The molecule has 134 valence electrons. The zero-order chi connectivity index (χ0) is 18.2. The van der Waals surface area contributed by atoms with Crippen LogP contribution in [0, 0.1) is 0 Å². The predicted octanol–water partition coefficient (Wildman–Crippen LogP) is 2.82. The summed E-state index contributed by atoms with van der Waals surface area (Å²) in [6.07, 6.45) is -0.708. The average molecular weight is 346 g/mol. The van der Waals surface area contributed by atoms with Crippen LogP contribution in [0.1, 0.15) is 25.8 Å². The fraction of sp³-hybridized carbons (Fsp3) is 0.421.